The Morgan fingerprint density at radius 1 is 1.42 bits per heavy atom. The molecule has 0 aromatic carbocycles. The van der Waals surface area contributed by atoms with Crippen LogP contribution in [0, 0.1) is 10.1 Å². The van der Waals surface area contributed by atoms with Gasteiger partial charge in [0, 0.05) is 12.6 Å². The Labute approximate surface area is 116 Å². The normalized spacial score (nSPS) is 15.6. The number of nitro groups is 1. The first kappa shape index (κ1) is 14.0. The van der Waals surface area contributed by atoms with Gasteiger partial charge in [0.1, 0.15) is 5.15 Å². The van der Waals surface area contributed by atoms with Crippen molar-refractivity contribution in [2.45, 2.75) is 19.3 Å². The van der Waals surface area contributed by atoms with Gasteiger partial charge in [-0.15, -0.1) is 0 Å². The highest BCUT2D eigenvalue weighted by Gasteiger charge is 2.15. The minimum atomic E-state index is -0.452. The van der Waals surface area contributed by atoms with E-state index in [1.165, 1.54) is 25.0 Å². The molecule has 1 aromatic heterocycles. The van der Waals surface area contributed by atoms with E-state index in [9.17, 15) is 10.1 Å². The largest absolute Gasteiger partial charge is 0.364 e. The maximum atomic E-state index is 10.8. The summed E-state index contributed by atoms with van der Waals surface area (Å²) in [5.41, 5.74) is -0.0365. The van der Waals surface area contributed by atoms with E-state index in [4.69, 9.17) is 11.6 Å². The molecule has 6 nitrogen and oxygen atoms in total. The Kier molecular flexibility index (Phi) is 4.93. The van der Waals surface area contributed by atoms with Crippen molar-refractivity contribution in [3.8, 4) is 0 Å². The molecule has 19 heavy (non-hydrogen) atoms. The van der Waals surface area contributed by atoms with Gasteiger partial charge >= 0.3 is 5.69 Å². The summed E-state index contributed by atoms with van der Waals surface area (Å²) in [5.74, 6) is 0.249. The Balaban J connectivity index is 1.84. The van der Waals surface area contributed by atoms with E-state index in [1.807, 2.05) is 0 Å². The maximum absolute atomic E-state index is 10.8. The lowest BCUT2D eigenvalue weighted by molar-refractivity contribution is -0.384. The molecule has 1 aliphatic rings. The van der Waals surface area contributed by atoms with Crippen LogP contribution in [0.5, 0.6) is 0 Å². The molecule has 1 saturated heterocycles. The van der Waals surface area contributed by atoms with Crippen LogP contribution in [0.4, 0.5) is 11.5 Å². The zero-order valence-corrected chi connectivity index (χ0v) is 11.4. The zero-order chi connectivity index (χ0) is 13.7. The van der Waals surface area contributed by atoms with Crippen molar-refractivity contribution in [3.05, 3.63) is 27.4 Å². The fourth-order valence-corrected chi connectivity index (χ4v) is 2.37. The van der Waals surface area contributed by atoms with Gasteiger partial charge in [-0.3, -0.25) is 10.1 Å². The molecule has 104 valence electrons. The molecule has 0 spiro atoms. The van der Waals surface area contributed by atoms with Crippen LogP contribution in [-0.2, 0) is 0 Å². The smallest absolute Gasteiger partial charge is 0.311 e. The van der Waals surface area contributed by atoms with Gasteiger partial charge in [-0.25, -0.2) is 4.98 Å². The molecule has 1 aromatic rings. The Bertz CT molecular complexity index is 449. The van der Waals surface area contributed by atoms with Gasteiger partial charge in [0.15, 0.2) is 0 Å². The summed E-state index contributed by atoms with van der Waals surface area (Å²) in [6, 6.07) is 2.80. The van der Waals surface area contributed by atoms with E-state index in [0.29, 0.717) is 6.54 Å². The van der Waals surface area contributed by atoms with Gasteiger partial charge in [-0.2, -0.15) is 0 Å². The van der Waals surface area contributed by atoms with Gasteiger partial charge in [0.05, 0.1) is 4.92 Å². The summed E-state index contributed by atoms with van der Waals surface area (Å²) >= 11 is 5.76. The van der Waals surface area contributed by atoms with Gasteiger partial charge < -0.3 is 10.2 Å². The van der Waals surface area contributed by atoms with E-state index in [1.54, 1.807) is 0 Å². The monoisotopic (exact) mass is 284 g/mol. The number of hydrogen-bond acceptors (Lipinski definition) is 5. The van der Waals surface area contributed by atoms with Crippen molar-refractivity contribution in [1.82, 2.24) is 9.88 Å². The second-order valence-corrected chi connectivity index (χ2v) is 4.98. The first-order valence-corrected chi connectivity index (χ1v) is 6.82. The number of anilines is 1. The summed E-state index contributed by atoms with van der Waals surface area (Å²) in [7, 11) is 0. The molecule has 0 bridgehead atoms. The molecule has 1 N–H and O–H groups in total. The minimum Gasteiger partial charge on any atom is -0.364 e. The third kappa shape index (κ3) is 4.04. The predicted octanol–water partition coefficient (Wildman–Crippen LogP) is 2.54. The molecule has 1 aliphatic heterocycles. The van der Waals surface area contributed by atoms with E-state index in [2.05, 4.69) is 15.2 Å². The van der Waals surface area contributed by atoms with Crippen molar-refractivity contribution in [2.24, 2.45) is 0 Å². The average molecular weight is 285 g/mol. The lowest BCUT2D eigenvalue weighted by atomic mass is 10.3. The van der Waals surface area contributed by atoms with Gasteiger partial charge in [-0.1, -0.05) is 11.6 Å². The molecular weight excluding hydrogens is 268 g/mol. The fraction of sp³-hybridized carbons (Fsp3) is 0.583. The summed E-state index contributed by atoms with van der Waals surface area (Å²) in [6.45, 7) is 4.00. The maximum Gasteiger partial charge on any atom is 0.311 e. The molecule has 0 aliphatic carbocycles. The van der Waals surface area contributed by atoms with Crippen LogP contribution in [0.15, 0.2) is 12.1 Å². The highest BCUT2D eigenvalue weighted by atomic mass is 35.5. The Morgan fingerprint density at radius 2 is 2.16 bits per heavy atom. The van der Waals surface area contributed by atoms with Crippen LogP contribution in [0.1, 0.15) is 19.3 Å². The van der Waals surface area contributed by atoms with Crippen LogP contribution in [0.2, 0.25) is 5.15 Å². The molecule has 7 heteroatoms. The van der Waals surface area contributed by atoms with E-state index >= 15 is 0 Å². The second kappa shape index (κ2) is 6.68. The number of aromatic nitrogens is 1. The predicted molar refractivity (Wildman–Crippen MR) is 74.7 cm³/mol. The molecular formula is C12H17ClN4O2. The summed E-state index contributed by atoms with van der Waals surface area (Å²) in [5, 5.41) is 14.1. The molecule has 0 radical (unpaired) electrons. The standard InChI is InChI=1S/C12H17ClN4O2/c13-11-5-4-10(17(18)19)12(15-11)14-6-3-9-16-7-1-2-8-16/h4-5H,1-3,6-9H2,(H,14,15). The van der Waals surface area contributed by atoms with Crippen molar-refractivity contribution in [1.29, 1.82) is 0 Å². The van der Waals surface area contributed by atoms with E-state index in [-0.39, 0.29) is 16.7 Å². The van der Waals surface area contributed by atoms with Crippen LogP contribution >= 0.6 is 11.6 Å². The van der Waals surface area contributed by atoms with Crippen molar-refractivity contribution in [2.75, 3.05) is 31.5 Å². The molecule has 2 rings (SSSR count). The average Bonchev–Trinajstić information content (AvgIpc) is 2.87. The Hall–Kier alpha value is -1.40. The lowest BCUT2D eigenvalue weighted by Crippen LogP contribution is -2.22. The van der Waals surface area contributed by atoms with Crippen molar-refractivity contribution in [3.63, 3.8) is 0 Å². The van der Waals surface area contributed by atoms with Crippen LogP contribution in [0.3, 0.4) is 0 Å². The minimum absolute atomic E-state index is 0.0365. The topological polar surface area (TPSA) is 71.3 Å². The molecule has 0 unspecified atom stereocenters. The number of hydrogen-bond donors (Lipinski definition) is 1. The quantitative estimate of drug-likeness (QED) is 0.376. The first-order chi connectivity index (χ1) is 9.16. The summed E-state index contributed by atoms with van der Waals surface area (Å²) in [4.78, 5) is 16.8. The van der Waals surface area contributed by atoms with Crippen LogP contribution in [-0.4, -0.2) is 41.0 Å². The first-order valence-electron chi connectivity index (χ1n) is 6.44. The van der Waals surface area contributed by atoms with Gasteiger partial charge in [0.2, 0.25) is 5.82 Å². The van der Waals surface area contributed by atoms with Crippen molar-refractivity contribution >= 4 is 23.1 Å². The third-order valence-electron chi connectivity index (χ3n) is 3.18. The SMILES string of the molecule is O=[N+]([O-])c1ccc(Cl)nc1NCCCN1CCCC1. The fourth-order valence-electron chi connectivity index (χ4n) is 2.22. The third-order valence-corrected chi connectivity index (χ3v) is 3.39. The number of likely N-dealkylation sites (tertiary alicyclic amines) is 1. The Morgan fingerprint density at radius 3 is 2.84 bits per heavy atom. The van der Waals surface area contributed by atoms with E-state index < -0.39 is 4.92 Å². The molecule has 1 fully saturated rings. The van der Waals surface area contributed by atoms with Gasteiger partial charge in [-0.05, 0) is 45.0 Å². The number of pyridine rings is 1. The summed E-state index contributed by atoms with van der Waals surface area (Å²) < 4.78 is 0. The molecule has 0 atom stereocenters. The number of halogens is 1. The number of rotatable bonds is 6. The van der Waals surface area contributed by atoms with E-state index in [0.717, 1.165) is 26.1 Å². The van der Waals surface area contributed by atoms with Crippen LogP contribution < -0.4 is 5.32 Å². The highest BCUT2D eigenvalue weighted by Crippen LogP contribution is 2.23. The lowest BCUT2D eigenvalue weighted by Gasteiger charge is -2.14. The molecule has 0 saturated carbocycles. The number of nitrogens with zero attached hydrogens (tertiary/aromatic N) is 3. The zero-order valence-electron chi connectivity index (χ0n) is 10.6. The molecule has 0 amide bonds. The van der Waals surface area contributed by atoms with Gasteiger partial charge in [0.25, 0.3) is 0 Å². The van der Waals surface area contributed by atoms with Crippen molar-refractivity contribution < 1.29 is 4.92 Å². The summed E-state index contributed by atoms with van der Waals surface area (Å²) in [6.07, 6.45) is 3.48. The highest BCUT2D eigenvalue weighted by molar-refractivity contribution is 6.29. The number of nitrogens with one attached hydrogen (secondary N) is 1. The second-order valence-electron chi connectivity index (χ2n) is 4.59. The van der Waals surface area contributed by atoms with Crippen LogP contribution in [0.25, 0.3) is 0 Å². The molecule has 2 heterocycles.